The molecule has 0 aliphatic carbocycles. The Morgan fingerprint density at radius 1 is 1.11 bits per heavy atom. The summed E-state index contributed by atoms with van der Waals surface area (Å²) in [4.78, 5) is 1.25. The van der Waals surface area contributed by atoms with Gasteiger partial charge in [0.15, 0.2) is 0 Å². The average Bonchev–Trinajstić information content (AvgIpc) is 2.85. The van der Waals surface area contributed by atoms with Crippen LogP contribution in [-0.4, -0.2) is 18.6 Å². The zero-order valence-corrected chi connectivity index (χ0v) is 18.8. The molecule has 146 valence electrons. The predicted octanol–water partition coefficient (Wildman–Crippen LogP) is 5.64. The maximum Gasteiger partial charge on any atom is 0.0763 e. The highest BCUT2D eigenvalue weighted by Crippen LogP contribution is 2.36. The minimum absolute atomic E-state index is 0.0393. The van der Waals surface area contributed by atoms with E-state index < -0.39 is 0 Å². The van der Waals surface area contributed by atoms with Crippen LogP contribution >= 0.6 is 36.0 Å². The smallest absolute Gasteiger partial charge is 0.0763 e. The number of hydrogen-bond acceptors (Lipinski definition) is 4. The lowest BCUT2D eigenvalue weighted by atomic mass is 10.0. The standard InChI is InChI=1S/C22H29ClN2S2/c1-22(2,3)25-21(26)17-6-4-15(5-7-17)14-27-20-18-11-13-24-12-10-16(18)8-9-19(20)23/h4-9,21,24-26H,10-14H2,1-3H3. The van der Waals surface area contributed by atoms with Gasteiger partial charge in [-0.25, -0.2) is 0 Å². The summed E-state index contributed by atoms with van der Waals surface area (Å²) in [6.45, 7) is 8.54. The first-order chi connectivity index (χ1) is 12.8. The van der Waals surface area contributed by atoms with Crippen molar-refractivity contribution in [2.24, 2.45) is 0 Å². The summed E-state index contributed by atoms with van der Waals surface area (Å²) in [7, 11) is 0. The zero-order chi connectivity index (χ0) is 19.4. The van der Waals surface area contributed by atoms with Crippen LogP contribution in [0.25, 0.3) is 0 Å². The Hall–Kier alpha value is -0.650. The number of thioether (sulfide) groups is 1. The van der Waals surface area contributed by atoms with Gasteiger partial charge in [0.1, 0.15) is 0 Å². The van der Waals surface area contributed by atoms with Crippen LogP contribution in [0.4, 0.5) is 0 Å². The van der Waals surface area contributed by atoms with Crippen molar-refractivity contribution in [2.75, 3.05) is 13.1 Å². The number of nitrogens with one attached hydrogen (secondary N) is 2. The number of thiol groups is 1. The van der Waals surface area contributed by atoms with Crippen molar-refractivity contribution < 1.29 is 0 Å². The molecule has 0 saturated heterocycles. The fourth-order valence-electron chi connectivity index (χ4n) is 3.31. The van der Waals surface area contributed by atoms with E-state index in [1.807, 2.05) is 11.8 Å². The highest BCUT2D eigenvalue weighted by molar-refractivity contribution is 7.98. The molecular weight excluding hydrogens is 392 g/mol. The lowest BCUT2D eigenvalue weighted by molar-refractivity contribution is 0.420. The number of benzene rings is 2. The van der Waals surface area contributed by atoms with Crippen LogP contribution in [0.1, 0.15) is 48.4 Å². The molecule has 1 aliphatic heterocycles. The molecule has 0 aromatic heterocycles. The third-order valence-corrected chi connectivity index (χ3v) is 6.77. The summed E-state index contributed by atoms with van der Waals surface area (Å²) in [6.07, 6.45) is 2.13. The SMILES string of the molecule is CC(C)(C)NC(S)c1ccc(CSc2c(Cl)ccc3c2CCNCC3)cc1. The molecular formula is C22H29ClN2S2. The second-order valence-corrected chi connectivity index (χ2v) is 10.0. The van der Waals surface area contributed by atoms with E-state index in [2.05, 4.69) is 67.8 Å². The maximum absolute atomic E-state index is 6.55. The van der Waals surface area contributed by atoms with E-state index in [4.69, 9.17) is 24.2 Å². The number of rotatable bonds is 5. The third kappa shape index (κ3) is 5.91. The van der Waals surface area contributed by atoms with E-state index >= 15 is 0 Å². The van der Waals surface area contributed by atoms with E-state index in [0.717, 1.165) is 36.7 Å². The Labute approximate surface area is 178 Å². The Kier molecular flexibility index (Phi) is 7.20. The lowest BCUT2D eigenvalue weighted by Gasteiger charge is -2.25. The van der Waals surface area contributed by atoms with Gasteiger partial charge in [0.2, 0.25) is 0 Å². The highest BCUT2D eigenvalue weighted by Gasteiger charge is 2.17. The molecule has 3 rings (SSSR count). The van der Waals surface area contributed by atoms with Crippen LogP contribution in [0.15, 0.2) is 41.3 Å². The van der Waals surface area contributed by atoms with E-state index in [-0.39, 0.29) is 10.9 Å². The number of hydrogen-bond donors (Lipinski definition) is 3. The molecule has 1 unspecified atom stereocenters. The fraction of sp³-hybridized carbons (Fsp3) is 0.455. The second kappa shape index (κ2) is 9.23. The van der Waals surface area contributed by atoms with Crippen LogP contribution in [0.3, 0.4) is 0 Å². The lowest BCUT2D eigenvalue weighted by Crippen LogP contribution is -2.36. The number of halogens is 1. The molecule has 1 heterocycles. The van der Waals surface area contributed by atoms with Crippen LogP contribution < -0.4 is 10.6 Å². The molecule has 2 aromatic carbocycles. The first-order valence-corrected chi connectivity index (χ1v) is 11.4. The summed E-state index contributed by atoms with van der Waals surface area (Å²) in [6, 6.07) is 13.0. The van der Waals surface area contributed by atoms with Crippen molar-refractivity contribution in [2.45, 2.75) is 55.2 Å². The van der Waals surface area contributed by atoms with Gasteiger partial charge in [-0.05, 0) is 75.0 Å². The van der Waals surface area contributed by atoms with Gasteiger partial charge in [0.25, 0.3) is 0 Å². The molecule has 0 spiro atoms. The van der Waals surface area contributed by atoms with Crippen molar-refractivity contribution in [1.29, 1.82) is 0 Å². The Bertz CT molecular complexity index is 769. The molecule has 27 heavy (non-hydrogen) atoms. The monoisotopic (exact) mass is 420 g/mol. The Morgan fingerprint density at radius 3 is 2.52 bits per heavy atom. The highest BCUT2D eigenvalue weighted by atomic mass is 35.5. The van der Waals surface area contributed by atoms with Gasteiger partial charge in [-0.15, -0.1) is 11.8 Å². The van der Waals surface area contributed by atoms with Crippen molar-refractivity contribution in [3.63, 3.8) is 0 Å². The minimum Gasteiger partial charge on any atom is -0.316 e. The normalized spacial score (nSPS) is 15.9. The molecule has 2 N–H and O–H groups in total. The van der Waals surface area contributed by atoms with Crippen LogP contribution in [-0.2, 0) is 18.6 Å². The van der Waals surface area contributed by atoms with Crippen molar-refractivity contribution >= 4 is 36.0 Å². The van der Waals surface area contributed by atoms with E-state index in [1.165, 1.54) is 27.1 Å². The predicted molar refractivity (Wildman–Crippen MR) is 122 cm³/mol. The molecule has 1 atom stereocenters. The van der Waals surface area contributed by atoms with E-state index in [0.29, 0.717) is 0 Å². The molecule has 0 fully saturated rings. The third-order valence-electron chi connectivity index (χ3n) is 4.68. The van der Waals surface area contributed by atoms with Gasteiger partial charge in [-0.1, -0.05) is 41.9 Å². The Balaban J connectivity index is 1.69. The largest absolute Gasteiger partial charge is 0.316 e. The molecule has 0 radical (unpaired) electrons. The second-order valence-electron chi connectivity index (χ2n) is 8.09. The molecule has 2 aromatic rings. The van der Waals surface area contributed by atoms with Crippen LogP contribution in [0, 0.1) is 0 Å². The van der Waals surface area contributed by atoms with Crippen molar-refractivity contribution in [3.05, 3.63) is 63.7 Å². The van der Waals surface area contributed by atoms with Gasteiger partial charge in [0.05, 0.1) is 10.4 Å². The first kappa shape index (κ1) is 21.1. The maximum atomic E-state index is 6.55. The molecule has 2 nitrogen and oxygen atoms in total. The van der Waals surface area contributed by atoms with Crippen LogP contribution in [0.2, 0.25) is 5.02 Å². The average molecular weight is 421 g/mol. The Morgan fingerprint density at radius 2 is 1.81 bits per heavy atom. The summed E-state index contributed by atoms with van der Waals surface area (Å²) in [5.74, 6) is 0.924. The molecule has 1 aliphatic rings. The minimum atomic E-state index is 0.0393. The summed E-state index contributed by atoms with van der Waals surface area (Å²) < 4.78 is 0. The summed E-state index contributed by atoms with van der Waals surface area (Å²) in [5, 5.41) is 7.90. The molecule has 0 amide bonds. The summed E-state index contributed by atoms with van der Waals surface area (Å²) >= 11 is 13.1. The summed E-state index contributed by atoms with van der Waals surface area (Å²) in [5.41, 5.74) is 5.41. The van der Waals surface area contributed by atoms with Crippen LogP contribution in [0.5, 0.6) is 0 Å². The van der Waals surface area contributed by atoms with E-state index in [1.54, 1.807) is 0 Å². The molecule has 0 saturated carbocycles. The van der Waals surface area contributed by atoms with Gasteiger partial charge >= 0.3 is 0 Å². The zero-order valence-electron chi connectivity index (χ0n) is 16.3. The van der Waals surface area contributed by atoms with Gasteiger partial charge < -0.3 is 5.32 Å². The van der Waals surface area contributed by atoms with E-state index in [9.17, 15) is 0 Å². The van der Waals surface area contributed by atoms with Crippen molar-refractivity contribution in [1.82, 2.24) is 10.6 Å². The molecule has 5 heteroatoms. The van der Waals surface area contributed by atoms with Crippen molar-refractivity contribution in [3.8, 4) is 0 Å². The molecule has 0 bridgehead atoms. The fourth-order valence-corrected chi connectivity index (χ4v) is 5.33. The van der Waals surface area contributed by atoms with Gasteiger partial charge in [0, 0.05) is 16.2 Å². The van der Waals surface area contributed by atoms with Gasteiger partial charge in [-0.3, -0.25) is 5.32 Å². The quantitative estimate of drug-likeness (QED) is 0.331. The first-order valence-electron chi connectivity index (χ1n) is 9.52. The van der Waals surface area contributed by atoms with Gasteiger partial charge in [-0.2, -0.15) is 12.6 Å². The number of fused-ring (bicyclic) bond motifs is 1. The topological polar surface area (TPSA) is 24.1 Å².